The van der Waals surface area contributed by atoms with E-state index in [9.17, 15) is 31.1 Å². The van der Waals surface area contributed by atoms with Gasteiger partial charge < -0.3 is 4.98 Å². The van der Waals surface area contributed by atoms with E-state index in [1.165, 1.54) is 0 Å². The lowest BCUT2D eigenvalue weighted by Crippen LogP contribution is -2.15. The van der Waals surface area contributed by atoms with E-state index in [-0.39, 0.29) is 6.07 Å². The first-order valence-electron chi connectivity index (χ1n) is 4.77. The van der Waals surface area contributed by atoms with E-state index in [1.807, 2.05) is 4.98 Å². The van der Waals surface area contributed by atoms with Crippen molar-refractivity contribution in [1.82, 2.24) is 9.97 Å². The monoisotopic (exact) mass is 282 g/mol. The average molecular weight is 282 g/mol. The molecule has 0 saturated carbocycles. The van der Waals surface area contributed by atoms with Gasteiger partial charge in [-0.3, -0.25) is 4.79 Å². The van der Waals surface area contributed by atoms with Gasteiger partial charge in [0.1, 0.15) is 11.3 Å². The number of hydrogen-bond donors (Lipinski definition) is 1. The van der Waals surface area contributed by atoms with Crippen LogP contribution in [0.1, 0.15) is 11.3 Å². The van der Waals surface area contributed by atoms with Gasteiger partial charge in [0.15, 0.2) is 0 Å². The van der Waals surface area contributed by atoms with Gasteiger partial charge in [-0.05, 0) is 12.1 Å². The van der Waals surface area contributed by atoms with Crippen molar-refractivity contribution in [2.45, 2.75) is 12.4 Å². The van der Waals surface area contributed by atoms with Gasteiger partial charge in [0.25, 0.3) is 0 Å². The molecule has 2 rings (SSSR count). The second kappa shape index (κ2) is 3.97. The molecule has 0 atom stereocenters. The molecular formula is C10H4F6N2O. The number of nitrogens with zero attached hydrogens (tertiary/aromatic N) is 1. The van der Waals surface area contributed by atoms with Crippen molar-refractivity contribution in [3.05, 3.63) is 39.8 Å². The third-order valence-electron chi connectivity index (χ3n) is 2.30. The maximum Gasteiger partial charge on any atom is 0.433 e. The first-order chi connectivity index (χ1) is 8.59. The van der Waals surface area contributed by atoms with Crippen LogP contribution < -0.4 is 5.56 Å². The van der Waals surface area contributed by atoms with Crippen LogP contribution in [-0.2, 0) is 12.4 Å². The molecule has 0 aliphatic carbocycles. The molecule has 102 valence electrons. The zero-order chi connectivity index (χ0) is 14.4. The van der Waals surface area contributed by atoms with E-state index >= 15 is 0 Å². The molecule has 1 N–H and O–H groups in total. The van der Waals surface area contributed by atoms with Crippen molar-refractivity contribution in [1.29, 1.82) is 0 Å². The molecule has 0 fully saturated rings. The molecule has 0 amide bonds. The molecule has 0 saturated heterocycles. The van der Waals surface area contributed by atoms with E-state index in [2.05, 4.69) is 4.98 Å². The molecule has 0 bridgehead atoms. The Kier molecular flexibility index (Phi) is 2.79. The third kappa shape index (κ3) is 2.54. The smallest absolute Gasteiger partial charge is 0.307 e. The van der Waals surface area contributed by atoms with Gasteiger partial charge in [0, 0.05) is 11.5 Å². The lowest BCUT2D eigenvalue weighted by molar-refractivity contribution is -0.144. The van der Waals surface area contributed by atoms with Crippen molar-refractivity contribution in [3.8, 4) is 0 Å². The number of pyridine rings is 2. The van der Waals surface area contributed by atoms with Crippen LogP contribution in [-0.4, -0.2) is 9.97 Å². The number of halogens is 6. The molecule has 9 heteroatoms. The topological polar surface area (TPSA) is 45.8 Å². The first-order valence-corrected chi connectivity index (χ1v) is 4.77. The number of aromatic nitrogens is 2. The molecule has 0 radical (unpaired) electrons. The number of rotatable bonds is 0. The highest BCUT2D eigenvalue weighted by molar-refractivity contribution is 5.79. The van der Waals surface area contributed by atoms with Gasteiger partial charge in [0.2, 0.25) is 5.56 Å². The molecular weight excluding hydrogens is 278 g/mol. The number of alkyl halides is 6. The Hall–Kier alpha value is -2.06. The highest BCUT2D eigenvalue weighted by Gasteiger charge is 2.39. The molecule has 0 aliphatic heterocycles. The lowest BCUT2D eigenvalue weighted by Gasteiger charge is -2.13. The van der Waals surface area contributed by atoms with Gasteiger partial charge in [-0.2, -0.15) is 26.3 Å². The summed E-state index contributed by atoms with van der Waals surface area (Å²) in [4.78, 5) is 15.8. The molecule has 0 unspecified atom stereocenters. The van der Waals surface area contributed by atoms with Crippen molar-refractivity contribution >= 4 is 11.0 Å². The van der Waals surface area contributed by atoms with Crippen LogP contribution in [0.25, 0.3) is 11.0 Å². The number of hydrogen-bond acceptors (Lipinski definition) is 2. The largest absolute Gasteiger partial charge is 0.433 e. The van der Waals surface area contributed by atoms with Gasteiger partial charge in [0.05, 0.1) is 5.56 Å². The summed E-state index contributed by atoms with van der Waals surface area (Å²) < 4.78 is 75.5. The van der Waals surface area contributed by atoms with Crippen LogP contribution in [0, 0.1) is 0 Å². The predicted octanol–water partition coefficient (Wildman–Crippen LogP) is 2.96. The summed E-state index contributed by atoms with van der Waals surface area (Å²) in [5.41, 5.74) is -4.81. The van der Waals surface area contributed by atoms with Crippen molar-refractivity contribution in [2.24, 2.45) is 0 Å². The number of aromatic amines is 1. The lowest BCUT2D eigenvalue weighted by atomic mass is 10.1. The minimum atomic E-state index is -5.04. The van der Waals surface area contributed by atoms with E-state index < -0.39 is 40.2 Å². The fourth-order valence-electron chi connectivity index (χ4n) is 1.52. The van der Waals surface area contributed by atoms with Crippen LogP contribution in [0.5, 0.6) is 0 Å². The Morgan fingerprint density at radius 2 is 1.63 bits per heavy atom. The van der Waals surface area contributed by atoms with Gasteiger partial charge in [-0.25, -0.2) is 4.98 Å². The maximum atomic E-state index is 12.7. The van der Waals surface area contributed by atoms with E-state index in [1.54, 1.807) is 0 Å². The quantitative estimate of drug-likeness (QED) is 0.755. The molecule has 2 aromatic rings. The standard InChI is InChI=1S/C10H4F6N2O/c11-9(12,13)5-3-6(10(14,15)16)17-8-4(5)1-2-7(19)18-8/h1-3H,(H,17,18,19). The summed E-state index contributed by atoms with van der Waals surface area (Å²) in [6.07, 6.45) is -10.0. The van der Waals surface area contributed by atoms with Crippen molar-refractivity contribution in [2.75, 3.05) is 0 Å². The highest BCUT2D eigenvalue weighted by atomic mass is 19.4. The SMILES string of the molecule is O=c1ccc2c(C(F)(F)F)cc(C(F)(F)F)nc2[nH]1. The van der Waals surface area contributed by atoms with Crippen LogP contribution in [0.2, 0.25) is 0 Å². The van der Waals surface area contributed by atoms with Gasteiger partial charge >= 0.3 is 12.4 Å². The normalized spacial score (nSPS) is 12.9. The zero-order valence-corrected chi connectivity index (χ0v) is 8.86. The summed E-state index contributed by atoms with van der Waals surface area (Å²) in [5.74, 6) is 0. The van der Waals surface area contributed by atoms with Crippen molar-refractivity contribution < 1.29 is 26.3 Å². The maximum absolute atomic E-state index is 12.7. The molecule has 0 spiro atoms. The van der Waals surface area contributed by atoms with E-state index in [0.717, 1.165) is 12.1 Å². The van der Waals surface area contributed by atoms with Crippen LogP contribution in [0.15, 0.2) is 23.0 Å². The summed E-state index contributed by atoms with van der Waals surface area (Å²) in [6, 6.07) is 1.48. The molecule has 0 aromatic carbocycles. The second-order valence-corrected chi connectivity index (χ2v) is 3.64. The molecule has 2 aromatic heterocycles. The molecule has 2 heterocycles. The number of fused-ring (bicyclic) bond motifs is 1. The first kappa shape index (κ1) is 13.4. The molecule has 19 heavy (non-hydrogen) atoms. The van der Waals surface area contributed by atoms with Crippen LogP contribution >= 0.6 is 0 Å². The van der Waals surface area contributed by atoms with Crippen LogP contribution in [0.4, 0.5) is 26.3 Å². The molecule has 3 nitrogen and oxygen atoms in total. The predicted molar refractivity (Wildman–Crippen MR) is 52.4 cm³/mol. The third-order valence-corrected chi connectivity index (χ3v) is 2.30. The average Bonchev–Trinajstić information content (AvgIpc) is 2.24. The summed E-state index contributed by atoms with van der Waals surface area (Å²) in [6.45, 7) is 0. The second-order valence-electron chi connectivity index (χ2n) is 3.64. The number of H-pyrrole nitrogens is 1. The zero-order valence-electron chi connectivity index (χ0n) is 8.86. The Balaban J connectivity index is 2.88. The van der Waals surface area contributed by atoms with Crippen molar-refractivity contribution in [3.63, 3.8) is 0 Å². The van der Waals surface area contributed by atoms with Crippen LogP contribution in [0.3, 0.4) is 0 Å². The Morgan fingerprint density at radius 1 is 1.00 bits per heavy atom. The Bertz CT molecular complexity index is 685. The minimum absolute atomic E-state index is 0.0827. The summed E-state index contributed by atoms with van der Waals surface area (Å²) >= 11 is 0. The van der Waals surface area contributed by atoms with Gasteiger partial charge in [-0.15, -0.1) is 0 Å². The highest BCUT2D eigenvalue weighted by Crippen LogP contribution is 2.37. The number of nitrogens with one attached hydrogen (secondary N) is 1. The Morgan fingerprint density at radius 3 is 2.16 bits per heavy atom. The minimum Gasteiger partial charge on any atom is -0.307 e. The molecule has 0 aliphatic rings. The van der Waals surface area contributed by atoms with E-state index in [4.69, 9.17) is 0 Å². The fraction of sp³-hybridized carbons (Fsp3) is 0.200. The summed E-state index contributed by atoms with van der Waals surface area (Å²) in [7, 11) is 0. The Labute approximate surface area is 100 Å². The summed E-state index contributed by atoms with van der Waals surface area (Å²) in [5, 5.41) is -0.597. The van der Waals surface area contributed by atoms with Gasteiger partial charge in [-0.1, -0.05) is 0 Å². The fourth-order valence-corrected chi connectivity index (χ4v) is 1.52. The van der Waals surface area contributed by atoms with E-state index in [0.29, 0.717) is 0 Å².